The molecule has 138 valence electrons. The molecule has 0 fully saturated rings. The summed E-state index contributed by atoms with van der Waals surface area (Å²) in [6, 6.07) is 11.1. The number of hydrogen-bond donors (Lipinski definition) is 2. The lowest BCUT2D eigenvalue weighted by molar-refractivity contribution is -0.116. The highest BCUT2D eigenvalue weighted by Gasteiger charge is 2.31. The molecular formula is C20H18FN3O3. The first-order valence-corrected chi connectivity index (χ1v) is 8.66. The molecule has 0 saturated heterocycles. The Hall–Kier alpha value is -3.35. The fourth-order valence-electron chi connectivity index (χ4n) is 3.34. The van der Waals surface area contributed by atoms with E-state index in [1.807, 2.05) is 6.92 Å². The summed E-state index contributed by atoms with van der Waals surface area (Å²) >= 11 is 0. The third-order valence-corrected chi connectivity index (χ3v) is 4.56. The van der Waals surface area contributed by atoms with Gasteiger partial charge in [0.05, 0.1) is 18.5 Å². The van der Waals surface area contributed by atoms with Crippen LogP contribution in [0.1, 0.15) is 30.4 Å². The van der Waals surface area contributed by atoms with Crippen LogP contribution in [0.4, 0.5) is 10.2 Å². The molecule has 3 aromatic rings. The van der Waals surface area contributed by atoms with Crippen molar-refractivity contribution in [2.45, 2.75) is 19.3 Å². The van der Waals surface area contributed by atoms with Crippen LogP contribution >= 0.6 is 0 Å². The average Bonchev–Trinajstić information content (AvgIpc) is 3.07. The SMILES string of the molecule is CCOc1cc([C@@H]2CC(=O)Nc3c2cnn3-c2cccc(F)c2)ccc1O. The van der Waals surface area contributed by atoms with Crippen LogP contribution in [0.3, 0.4) is 0 Å². The minimum atomic E-state index is -0.379. The van der Waals surface area contributed by atoms with Gasteiger partial charge in [0.15, 0.2) is 11.5 Å². The van der Waals surface area contributed by atoms with E-state index in [1.54, 1.807) is 36.5 Å². The third kappa shape index (κ3) is 3.12. The maximum absolute atomic E-state index is 13.6. The number of nitrogens with zero attached hydrogens (tertiary/aromatic N) is 2. The van der Waals surface area contributed by atoms with Crippen LogP contribution in [0.5, 0.6) is 11.5 Å². The van der Waals surface area contributed by atoms with Gasteiger partial charge in [-0.1, -0.05) is 12.1 Å². The predicted octanol–water partition coefficient (Wildman–Crippen LogP) is 3.59. The van der Waals surface area contributed by atoms with Crippen LogP contribution < -0.4 is 10.1 Å². The van der Waals surface area contributed by atoms with E-state index in [1.165, 1.54) is 16.8 Å². The van der Waals surface area contributed by atoms with Crippen molar-refractivity contribution in [2.24, 2.45) is 0 Å². The highest BCUT2D eigenvalue weighted by atomic mass is 19.1. The summed E-state index contributed by atoms with van der Waals surface area (Å²) in [4.78, 5) is 12.3. The summed E-state index contributed by atoms with van der Waals surface area (Å²) in [5, 5.41) is 17.1. The molecule has 2 N–H and O–H groups in total. The molecule has 1 atom stereocenters. The van der Waals surface area contributed by atoms with Gasteiger partial charge in [-0.25, -0.2) is 9.07 Å². The Bertz CT molecular complexity index is 1020. The van der Waals surface area contributed by atoms with E-state index in [9.17, 15) is 14.3 Å². The lowest BCUT2D eigenvalue weighted by Crippen LogP contribution is -2.24. The lowest BCUT2D eigenvalue weighted by atomic mass is 9.87. The predicted molar refractivity (Wildman–Crippen MR) is 97.9 cm³/mol. The molecule has 2 aromatic carbocycles. The third-order valence-electron chi connectivity index (χ3n) is 4.56. The number of phenols is 1. The van der Waals surface area contributed by atoms with E-state index in [2.05, 4.69) is 10.4 Å². The molecule has 27 heavy (non-hydrogen) atoms. The maximum Gasteiger partial charge on any atom is 0.226 e. The van der Waals surface area contributed by atoms with Crippen molar-refractivity contribution >= 4 is 11.7 Å². The summed E-state index contributed by atoms with van der Waals surface area (Å²) in [5.41, 5.74) is 2.19. The summed E-state index contributed by atoms with van der Waals surface area (Å²) in [5.74, 6) is 0.173. The molecule has 0 aliphatic carbocycles. The molecule has 1 amide bonds. The van der Waals surface area contributed by atoms with Crippen molar-refractivity contribution in [3.05, 3.63) is 65.6 Å². The second kappa shape index (κ2) is 6.75. The molecule has 7 heteroatoms. The average molecular weight is 367 g/mol. The van der Waals surface area contributed by atoms with Gasteiger partial charge in [-0.3, -0.25) is 4.79 Å². The largest absolute Gasteiger partial charge is 0.504 e. The fraction of sp³-hybridized carbons (Fsp3) is 0.200. The first-order valence-electron chi connectivity index (χ1n) is 8.66. The fourth-order valence-corrected chi connectivity index (χ4v) is 3.34. The van der Waals surface area contributed by atoms with Crippen LogP contribution in [-0.4, -0.2) is 27.4 Å². The van der Waals surface area contributed by atoms with Gasteiger partial charge in [0, 0.05) is 17.9 Å². The van der Waals surface area contributed by atoms with Crippen molar-refractivity contribution in [1.82, 2.24) is 9.78 Å². The number of anilines is 1. The standard InChI is InChI=1S/C20H18FN3O3/c1-2-27-18-8-12(6-7-17(18)25)15-10-19(26)23-20-16(15)11-22-24(20)14-5-3-4-13(21)9-14/h3-9,11,15,25H,2,10H2,1H3,(H,23,26)/t15-/m0/s1. The minimum Gasteiger partial charge on any atom is -0.504 e. The van der Waals surface area contributed by atoms with Crippen molar-refractivity contribution in [2.75, 3.05) is 11.9 Å². The van der Waals surface area contributed by atoms with Crippen LogP contribution in [0, 0.1) is 5.82 Å². The number of phenolic OH excluding ortho intramolecular Hbond substituents is 1. The number of rotatable bonds is 4. The molecule has 0 radical (unpaired) electrons. The van der Waals surface area contributed by atoms with Gasteiger partial charge < -0.3 is 15.2 Å². The Morgan fingerprint density at radius 2 is 2.19 bits per heavy atom. The lowest BCUT2D eigenvalue weighted by Gasteiger charge is -2.24. The number of benzene rings is 2. The molecule has 2 heterocycles. The number of aromatic nitrogens is 2. The summed E-state index contributed by atoms with van der Waals surface area (Å²) < 4.78 is 20.6. The van der Waals surface area contributed by atoms with E-state index in [0.717, 1.165) is 11.1 Å². The minimum absolute atomic E-state index is 0.0524. The van der Waals surface area contributed by atoms with Crippen molar-refractivity contribution < 1.29 is 19.0 Å². The Morgan fingerprint density at radius 1 is 1.33 bits per heavy atom. The first-order chi connectivity index (χ1) is 13.1. The van der Waals surface area contributed by atoms with Gasteiger partial charge in [-0.05, 0) is 42.8 Å². The van der Waals surface area contributed by atoms with Crippen LogP contribution in [-0.2, 0) is 4.79 Å². The molecule has 0 saturated carbocycles. The topological polar surface area (TPSA) is 76.4 Å². The van der Waals surface area contributed by atoms with Gasteiger partial charge in [0.25, 0.3) is 0 Å². The van der Waals surface area contributed by atoms with Crippen molar-refractivity contribution in [3.63, 3.8) is 0 Å². The molecule has 1 aliphatic heterocycles. The molecule has 0 bridgehead atoms. The van der Waals surface area contributed by atoms with Crippen molar-refractivity contribution in [1.29, 1.82) is 0 Å². The summed E-state index contributed by atoms with van der Waals surface area (Å²) in [7, 11) is 0. The second-order valence-corrected chi connectivity index (χ2v) is 6.31. The molecule has 1 aromatic heterocycles. The number of fused-ring (bicyclic) bond motifs is 1. The van der Waals surface area contributed by atoms with E-state index in [0.29, 0.717) is 23.9 Å². The Balaban J connectivity index is 1.79. The van der Waals surface area contributed by atoms with Crippen LogP contribution in [0.15, 0.2) is 48.7 Å². The summed E-state index contributed by atoms with van der Waals surface area (Å²) in [6.45, 7) is 2.26. The Kier molecular flexibility index (Phi) is 4.27. The Morgan fingerprint density at radius 3 is 2.96 bits per heavy atom. The smallest absolute Gasteiger partial charge is 0.226 e. The van der Waals surface area contributed by atoms with Gasteiger partial charge in [-0.2, -0.15) is 5.10 Å². The zero-order valence-corrected chi connectivity index (χ0v) is 14.6. The molecule has 0 spiro atoms. The number of carbonyl (C=O) groups is 1. The van der Waals surface area contributed by atoms with E-state index in [-0.39, 0.29) is 29.8 Å². The van der Waals surface area contributed by atoms with Crippen LogP contribution in [0.25, 0.3) is 5.69 Å². The van der Waals surface area contributed by atoms with E-state index in [4.69, 9.17) is 4.74 Å². The number of aromatic hydroxyl groups is 1. The Labute approximate surface area is 155 Å². The van der Waals surface area contributed by atoms with Gasteiger partial charge in [-0.15, -0.1) is 0 Å². The van der Waals surface area contributed by atoms with E-state index < -0.39 is 0 Å². The zero-order valence-electron chi connectivity index (χ0n) is 14.6. The maximum atomic E-state index is 13.6. The second-order valence-electron chi connectivity index (χ2n) is 6.31. The van der Waals surface area contributed by atoms with Gasteiger partial charge in [0.1, 0.15) is 11.6 Å². The molecule has 1 aliphatic rings. The van der Waals surface area contributed by atoms with Gasteiger partial charge >= 0.3 is 0 Å². The molecule has 6 nitrogen and oxygen atoms in total. The van der Waals surface area contributed by atoms with E-state index >= 15 is 0 Å². The number of nitrogens with one attached hydrogen (secondary N) is 1. The number of amides is 1. The molecular weight excluding hydrogens is 349 g/mol. The van der Waals surface area contributed by atoms with Crippen LogP contribution in [0.2, 0.25) is 0 Å². The zero-order chi connectivity index (χ0) is 19.0. The normalized spacial score (nSPS) is 15.9. The van der Waals surface area contributed by atoms with Crippen molar-refractivity contribution in [3.8, 4) is 17.2 Å². The number of carbonyl (C=O) groups excluding carboxylic acids is 1. The monoisotopic (exact) mass is 367 g/mol. The highest BCUT2D eigenvalue weighted by Crippen LogP contribution is 2.40. The first kappa shape index (κ1) is 17.1. The quantitative estimate of drug-likeness (QED) is 0.739. The van der Waals surface area contributed by atoms with Gasteiger partial charge in [0.2, 0.25) is 5.91 Å². The summed E-state index contributed by atoms with van der Waals surface area (Å²) in [6.07, 6.45) is 1.93. The number of hydrogen-bond acceptors (Lipinski definition) is 4. The highest BCUT2D eigenvalue weighted by molar-refractivity contribution is 5.94. The molecule has 0 unspecified atom stereocenters. The number of halogens is 1. The molecule has 4 rings (SSSR count). The number of ether oxygens (including phenoxy) is 1.